The third-order valence-corrected chi connectivity index (χ3v) is 5.46. The standard InChI is InChI=1S/C18H26N4O4/c1-11-15(12(2)26-19-11)7-16(23)21-8-13-5-6-14(9-21)22(18(13)25)10-17(24)20(3)4/h13-14H,5-10H2,1-4H3/t13-,14+/m0/s1. The minimum Gasteiger partial charge on any atom is -0.361 e. The first-order valence-corrected chi connectivity index (χ1v) is 8.98. The molecule has 2 atom stereocenters. The van der Waals surface area contributed by atoms with E-state index in [0.29, 0.717) is 18.8 Å². The average molecular weight is 362 g/mol. The minimum absolute atomic E-state index is 0.0101. The fourth-order valence-electron chi connectivity index (χ4n) is 3.76. The van der Waals surface area contributed by atoms with Crippen LogP contribution in [0.15, 0.2) is 4.52 Å². The zero-order valence-electron chi connectivity index (χ0n) is 15.8. The van der Waals surface area contributed by atoms with E-state index in [1.807, 2.05) is 6.92 Å². The first-order valence-electron chi connectivity index (χ1n) is 8.98. The van der Waals surface area contributed by atoms with Gasteiger partial charge in [0.05, 0.1) is 18.0 Å². The van der Waals surface area contributed by atoms with Gasteiger partial charge in [0, 0.05) is 38.8 Å². The van der Waals surface area contributed by atoms with Gasteiger partial charge in [-0.1, -0.05) is 5.16 Å². The highest BCUT2D eigenvalue weighted by Gasteiger charge is 2.42. The maximum atomic E-state index is 12.8. The Hall–Kier alpha value is -2.38. The highest BCUT2D eigenvalue weighted by molar-refractivity contribution is 5.88. The van der Waals surface area contributed by atoms with Crippen molar-refractivity contribution in [1.82, 2.24) is 19.9 Å². The molecule has 8 nitrogen and oxygen atoms in total. The lowest BCUT2D eigenvalue weighted by atomic mass is 9.94. The second-order valence-corrected chi connectivity index (χ2v) is 7.46. The van der Waals surface area contributed by atoms with Gasteiger partial charge < -0.3 is 19.2 Å². The van der Waals surface area contributed by atoms with E-state index in [1.165, 1.54) is 4.90 Å². The molecular formula is C18H26N4O4. The molecule has 0 radical (unpaired) electrons. The molecule has 142 valence electrons. The topological polar surface area (TPSA) is 87.0 Å². The number of likely N-dealkylation sites (N-methyl/N-ethyl adjacent to an activating group) is 1. The molecule has 0 spiro atoms. The van der Waals surface area contributed by atoms with Crippen molar-refractivity contribution in [3.8, 4) is 0 Å². The molecule has 1 aromatic rings. The lowest BCUT2D eigenvalue weighted by Crippen LogP contribution is -2.51. The second kappa shape index (κ2) is 7.09. The molecule has 1 aromatic heterocycles. The summed E-state index contributed by atoms with van der Waals surface area (Å²) in [4.78, 5) is 42.6. The molecule has 3 fully saturated rings. The normalized spacial score (nSPS) is 22.5. The summed E-state index contributed by atoms with van der Waals surface area (Å²) in [5, 5.41) is 3.90. The summed E-state index contributed by atoms with van der Waals surface area (Å²) in [6.45, 7) is 4.60. The SMILES string of the molecule is Cc1noc(C)c1CC(=O)N1C[C@@H]2CC[C@H](C1)N(CC(=O)N(C)C)C2=O. The van der Waals surface area contributed by atoms with Gasteiger partial charge in [0.2, 0.25) is 17.7 Å². The van der Waals surface area contributed by atoms with E-state index in [9.17, 15) is 14.4 Å². The van der Waals surface area contributed by atoms with Crippen molar-refractivity contribution in [3.63, 3.8) is 0 Å². The molecule has 4 heterocycles. The zero-order chi connectivity index (χ0) is 19.0. The molecule has 0 aliphatic carbocycles. The van der Waals surface area contributed by atoms with E-state index in [1.54, 1.807) is 30.8 Å². The van der Waals surface area contributed by atoms with Crippen LogP contribution < -0.4 is 0 Å². The van der Waals surface area contributed by atoms with Crippen molar-refractivity contribution in [2.75, 3.05) is 33.7 Å². The summed E-state index contributed by atoms with van der Waals surface area (Å²) >= 11 is 0. The number of fused-ring (bicyclic) bond motifs is 4. The third kappa shape index (κ3) is 3.45. The number of rotatable bonds is 4. The molecule has 0 aromatic carbocycles. The van der Waals surface area contributed by atoms with Crippen molar-refractivity contribution in [1.29, 1.82) is 0 Å². The van der Waals surface area contributed by atoms with Gasteiger partial charge in [0.15, 0.2) is 0 Å². The molecule has 0 saturated carbocycles. The van der Waals surface area contributed by atoms with Gasteiger partial charge in [-0.25, -0.2) is 0 Å². The summed E-state index contributed by atoms with van der Waals surface area (Å²) in [7, 11) is 3.37. The number of hydrogen-bond acceptors (Lipinski definition) is 5. The quantitative estimate of drug-likeness (QED) is 0.772. The summed E-state index contributed by atoms with van der Waals surface area (Å²) in [5.41, 5.74) is 1.54. The molecule has 2 bridgehead atoms. The number of piperidine rings is 1. The molecule has 3 amide bonds. The van der Waals surface area contributed by atoms with Crippen LogP contribution in [0.4, 0.5) is 0 Å². The molecular weight excluding hydrogens is 336 g/mol. The Morgan fingerprint density at radius 1 is 1.23 bits per heavy atom. The van der Waals surface area contributed by atoms with E-state index in [2.05, 4.69) is 5.16 Å². The van der Waals surface area contributed by atoms with Gasteiger partial charge >= 0.3 is 0 Å². The fourth-order valence-corrected chi connectivity index (χ4v) is 3.76. The molecule has 3 aliphatic heterocycles. The number of amides is 3. The van der Waals surface area contributed by atoms with Crippen molar-refractivity contribution in [2.24, 2.45) is 5.92 Å². The number of hydrogen-bond donors (Lipinski definition) is 0. The van der Waals surface area contributed by atoms with Crippen LogP contribution in [0.3, 0.4) is 0 Å². The van der Waals surface area contributed by atoms with Crippen molar-refractivity contribution in [2.45, 2.75) is 39.2 Å². The maximum Gasteiger partial charge on any atom is 0.241 e. The van der Waals surface area contributed by atoms with Crippen LogP contribution in [-0.4, -0.2) is 77.3 Å². The molecule has 26 heavy (non-hydrogen) atoms. The van der Waals surface area contributed by atoms with Crippen LogP contribution in [0.5, 0.6) is 0 Å². The molecule has 4 rings (SSSR count). The predicted octanol–water partition coefficient (Wildman–Crippen LogP) is 0.372. The Morgan fingerprint density at radius 3 is 2.58 bits per heavy atom. The van der Waals surface area contributed by atoms with Gasteiger partial charge in [-0.2, -0.15) is 0 Å². The summed E-state index contributed by atoms with van der Waals surface area (Å²) in [6, 6.07) is -0.0984. The van der Waals surface area contributed by atoms with E-state index in [-0.39, 0.29) is 42.6 Å². The Kier molecular flexibility index (Phi) is 5.02. The first-order chi connectivity index (χ1) is 12.3. The molecule has 0 N–H and O–H groups in total. The molecule has 8 heteroatoms. The van der Waals surface area contributed by atoms with Gasteiger partial charge in [-0.15, -0.1) is 0 Å². The van der Waals surface area contributed by atoms with Crippen LogP contribution in [0, 0.1) is 19.8 Å². The predicted molar refractivity (Wildman–Crippen MR) is 93.2 cm³/mol. The van der Waals surface area contributed by atoms with Crippen LogP contribution in [-0.2, 0) is 20.8 Å². The van der Waals surface area contributed by atoms with Gasteiger partial charge in [-0.05, 0) is 26.7 Å². The van der Waals surface area contributed by atoms with E-state index in [0.717, 1.165) is 24.1 Å². The average Bonchev–Trinajstić information content (AvgIpc) is 2.79. The van der Waals surface area contributed by atoms with Gasteiger partial charge in [0.1, 0.15) is 12.3 Å². The Labute approximate surface area is 153 Å². The van der Waals surface area contributed by atoms with Crippen molar-refractivity contribution < 1.29 is 18.9 Å². The Bertz CT molecular complexity index is 707. The van der Waals surface area contributed by atoms with Crippen molar-refractivity contribution in [3.05, 3.63) is 17.0 Å². The maximum absolute atomic E-state index is 12.8. The number of aromatic nitrogens is 1. The lowest BCUT2D eigenvalue weighted by molar-refractivity contribution is -0.145. The van der Waals surface area contributed by atoms with Gasteiger partial charge in [0.25, 0.3) is 0 Å². The van der Waals surface area contributed by atoms with E-state index in [4.69, 9.17) is 4.52 Å². The summed E-state index contributed by atoms with van der Waals surface area (Å²) < 4.78 is 5.14. The van der Waals surface area contributed by atoms with E-state index >= 15 is 0 Å². The lowest BCUT2D eigenvalue weighted by Gasteiger charge is -2.35. The van der Waals surface area contributed by atoms with Crippen LogP contribution in [0.25, 0.3) is 0 Å². The summed E-state index contributed by atoms with van der Waals surface area (Å²) in [5.74, 6) is 0.300. The smallest absolute Gasteiger partial charge is 0.241 e. The number of carbonyl (C=O) groups is 3. The molecule has 3 aliphatic rings. The number of carbonyl (C=O) groups excluding carboxylic acids is 3. The molecule has 0 unspecified atom stereocenters. The number of nitrogens with zero attached hydrogens (tertiary/aromatic N) is 4. The summed E-state index contributed by atoms with van der Waals surface area (Å²) in [6.07, 6.45) is 1.82. The fraction of sp³-hybridized carbons (Fsp3) is 0.667. The third-order valence-electron chi connectivity index (χ3n) is 5.46. The molecule has 3 saturated heterocycles. The Balaban J connectivity index is 1.73. The van der Waals surface area contributed by atoms with E-state index < -0.39 is 0 Å². The van der Waals surface area contributed by atoms with Crippen molar-refractivity contribution >= 4 is 17.7 Å². The van der Waals surface area contributed by atoms with Crippen LogP contribution in [0.1, 0.15) is 29.9 Å². The highest BCUT2D eigenvalue weighted by Crippen LogP contribution is 2.29. The number of aryl methyl sites for hydroxylation is 2. The second-order valence-electron chi connectivity index (χ2n) is 7.46. The monoisotopic (exact) mass is 362 g/mol. The zero-order valence-corrected chi connectivity index (χ0v) is 15.8. The Morgan fingerprint density at radius 2 is 1.96 bits per heavy atom. The minimum atomic E-state index is -0.225. The highest BCUT2D eigenvalue weighted by atomic mass is 16.5. The van der Waals surface area contributed by atoms with Crippen LogP contribution in [0.2, 0.25) is 0 Å². The first kappa shape index (κ1) is 18.4. The van der Waals surface area contributed by atoms with Gasteiger partial charge in [-0.3, -0.25) is 14.4 Å². The largest absolute Gasteiger partial charge is 0.361 e. The van der Waals surface area contributed by atoms with Crippen LogP contribution >= 0.6 is 0 Å².